The number of rotatable bonds is 7. The van der Waals surface area contributed by atoms with E-state index in [-0.39, 0.29) is 24.0 Å². The number of phenolic OH excluding ortho intramolecular Hbond substituents is 1. The van der Waals surface area contributed by atoms with E-state index in [0.29, 0.717) is 12.6 Å². The predicted molar refractivity (Wildman–Crippen MR) is 78.7 cm³/mol. The van der Waals surface area contributed by atoms with E-state index in [4.69, 9.17) is 0 Å². The van der Waals surface area contributed by atoms with Crippen LogP contribution in [-0.4, -0.2) is 54.5 Å². The molecule has 0 bridgehead atoms. The zero-order chi connectivity index (χ0) is 17.6. The molecule has 1 unspecified atom stereocenters. The molecule has 1 rings (SSSR count). The van der Waals surface area contributed by atoms with Crippen molar-refractivity contribution in [3.8, 4) is 5.75 Å². The van der Waals surface area contributed by atoms with Crippen LogP contribution in [0.25, 0.3) is 0 Å². The van der Waals surface area contributed by atoms with Crippen LogP contribution in [0.1, 0.15) is 33.6 Å². The summed E-state index contributed by atoms with van der Waals surface area (Å²) in [6, 6.07) is 0.622. The maximum atomic E-state index is 13.5. The van der Waals surface area contributed by atoms with Crippen LogP contribution in [-0.2, 0) is 9.59 Å². The van der Waals surface area contributed by atoms with Gasteiger partial charge in [-0.1, -0.05) is 0 Å². The third-order valence-electron chi connectivity index (χ3n) is 3.37. The van der Waals surface area contributed by atoms with Gasteiger partial charge in [0, 0.05) is 26.1 Å². The Morgan fingerprint density at radius 3 is 2.57 bits per heavy atom. The lowest BCUT2D eigenvalue weighted by Crippen LogP contribution is -2.47. The SMILES string of the molecule is CNC(=O)C(CCC=O)N(C)C(=O)c1cc(F)c(O)cc1C=O. The molecule has 0 heterocycles. The highest BCUT2D eigenvalue weighted by atomic mass is 19.1. The number of nitrogens with zero attached hydrogens (tertiary/aromatic N) is 1. The summed E-state index contributed by atoms with van der Waals surface area (Å²) in [5.74, 6) is -3.08. The van der Waals surface area contributed by atoms with E-state index >= 15 is 0 Å². The summed E-state index contributed by atoms with van der Waals surface area (Å²) in [5, 5.41) is 11.6. The lowest BCUT2D eigenvalue weighted by molar-refractivity contribution is -0.125. The van der Waals surface area contributed by atoms with Gasteiger partial charge in [-0.3, -0.25) is 14.4 Å². The number of amides is 2. The molecule has 0 aromatic heterocycles. The number of aromatic hydroxyl groups is 1. The van der Waals surface area contributed by atoms with Crippen molar-refractivity contribution < 1.29 is 28.7 Å². The molecule has 0 spiro atoms. The molecule has 23 heavy (non-hydrogen) atoms. The number of aldehydes is 2. The minimum absolute atomic E-state index is 0.0557. The van der Waals surface area contributed by atoms with Gasteiger partial charge in [0.05, 0.1) is 5.56 Å². The van der Waals surface area contributed by atoms with E-state index in [1.54, 1.807) is 0 Å². The third kappa shape index (κ3) is 4.12. The summed E-state index contributed by atoms with van der Waals surface area (Å²) in [6.07, 6.45) is 1.06. The van der Waals surface area contributed by atoms with E-state index in [9.17, 15) is 28.7 Å². The molecule has 0 aliphatic rings. The number of carbonyl (C=O) groups is 4. The first-order chi connectivity index (χ1) is 10.9. The number of carbonyl (C=O) groups excluding carboxylic acids is 4. The van der Waals surface area contributed by atoms with Gasteiger partial charge in [0.15, 0.2) is 17.9 Å². The van der Waals surface area contributed by atoms with E-state index < -0.39 is 29.4 Å². The van der Waals surface area contributed by atoms with Gasteiger partial charge in [-0.05, 0) is 18.6 Å². The van der Waals surface area contributed by atoms with Crippen molar-refractivity contribution in [3.05, 3.63) is 29.1 Å². The van der Waals surface area contributed by atoms with Gasteiger partial charge in [0.2, 0.25) is 5.91 Å². The van der Waals surface area contributed by atoms with Gasteiger partial charge < -0.3 is 20.1 Å². The van der Waals surface area contributed by atoms with Crippen LogP contribution in [0.2, 0.25) is 0 Å². The maximum Gasteiger partial charge on any atom is 0.255 e. The Morgan fingerprint density at radius 1 is 1.39 bits per heavy atom. The van der Waals surface area contributed by atoms with Gasteiger partial charge in [-0.25, -0.2) is 4.39 Å². The highest BCUT2D eigenvalue weighted by Gasteiger charge is 2.28. The first-order valence-corrected chi connectivity index (χ1v) is 6.77. The molecular formula is C15H17FN2O5. The zero-order valence-corrected chi connectivity index (χ0v) is 12.7. The van der Waals surface area contributed by atoms with Gasteiger partial charge in [-0.2, -0.15) is 0 Å². The fraction of sp³-hybridized carbons (Fsp3) is 0.333. The summed E-state index contributed by atoms with van der Waals surface area (Å²) < 4.78 is 13.5. The topological polar surface area (TPSA) is 104 Å². The largest absolute Gasteiger partial charge is 0.505 e. The fourth-order valence-electron chi connectivity index (χ4n) is 2.09. The quantitative estimate of drug-likeness (QED) is 0.711. The normalized spacial score (nSPS) is 11.4. The molecule has 7 nitrogen and oxygen atoms in total. The highest BCUT2D eigenvalue weighted by Crippen LogP contribution is 2.22. The van der Waals surface area contributed by atoms with Crippen LogP contribution in [0.15, 0.2) is 12.1 Å². The summed E-state index contributed by atoms with van der Waals surface area (Å²) in [6.45, 7) is 0. The summed E-state index contributed by atoms with van der Waals surface area (Å²) in [5.41, 5.74) is -0.482. The van der Waals surface area contributed by atoms with Crippen molar-refractivity contribution in [3.63, 3.8) is 0 Å². The van der Waals surface area contributed by atoms with Crippen LogP contribution in [0.5, 0.6) is 5.75 Å². The third-order valence-corrected chi connectivity index (χ3v) is 3.37. The molecule has 1 aromatic carbocycles. The van der Waals surface area contributed by atoms with Gasteiger partial charge in [0.25, 0.3) is 5.91 Å². The lowest BCUT2D eigenvalue weighted by atomic mass is 10.0. The number of hydrogen-bond donors (Lipinski definition) is 2. The second-order valence-electron chi connectivity index (χ2n) is 4.80. The Hall–Kier alpha value is -2.77. The second kappa shape index (κ2) is 8.02. The Morgan fingerprint density at radius 2 is 2.04 bits per heavy atom. The highest BCUT2D eigenvalue weighted by molar-refractivity contribution is 6.03. The monoisotopic (exact) mass is 324 g/mol. The van der Waals surface area contributed by atoms with Crippen molar-refractivity contribution in [2.75, 3.05) is 14.1 Å². The average Bonchev–Trinajstić information content (AvgIpc) is 2.55. The molecule has 8 heteroatoms. The van der Waals surface area contributed by atoms with Crippen molar-refractivity contribution in [1.82, 2.24) is 10.2 Å². The van der Waals surface area contributed by atoms with Gasteiger partial charge in [0.1, 0.15) is 12.3 Å². The smallest absolute Gasteiger partial charge is 0.255 e. The van der Waals surface area contributed by atoms with E-state index in [1.807, 2.05) is 0 Å². The van der Waals surface area contributed by atoms with Crippen molar-refractivity contribution in [2.24, 2.45) is 0 Å². The number of benzene rings is 1. The van der Waals surface area contributed by atoms with Crippen LogP contribution in [0, 0.1) is 5.82 Å². The average molecular weight is 324 g/mol. The number of halogens is 1. The molecule has 124 valence electrons. The van der Waals surface area contributed by atoms with Crippen LogP contribution >= 0.6 is 0 Å². The van der Waals surface area contributed by atoms with E-state index in [1.165, 1.54) is 14.1 Å². The molecule has 2 amide bonds. The second-order valence-corrected chi connectivity index (χ2v) is 4.80. The van der Waals surface area contributed by atoms with Crippen molar-refractivity contribution >= 4 is 24.4 Å². The minimum atomic E-state index is -1.06. The number of phenols is 1. The van der Waals surface area contributed by atoms with E-state index in [2.05, 4.69) is 5.32 Å². The maximum absolute atomic E-state index is 13.5. The Kier molecular flexibility index (Phi) is 6.37. The summed E-state index contributed by atoms with van der Waals surface area (Å²) in [4.78, 5) is 46.9. The molecule has 2 N–H and O–H groups in total. The zero-order valence-electron chi connectivity index (χ0n) is 12.7. The summed E-state index contributed by atoms with van der Waals surface area (Å²) >= 11 is 0. The molecule has 0 radical (unpaired) electrons. The lowest BCUT2D eigenvalue weighted by Gasteiger charge is -2.27. The molecular weight excluding hydrogens is 307 g/mol. The number of hydrogen-bond acceptors (Lipinski definition) is 5. The molecule has 0 saturated carbocycles. The number of nitrogens with one attached hydrogen (secondary N) is 1. The molecule has 1 aromatic rings. The summed E-state index contributed by atoms with van der Waals surface area (Å²) in [7, 11) is 2.69. The van der Waals surface area contributed by atoms with Crippen LogP contribution in [0.3, 0.4) is 0 Å². The van der Waals surface area contributed by atoms with Gasteiger partial charge >= 0.3 is 0 Å². The first kappa shape index (κ1) is 18.3. The molecule has 0 aliphatic heterocycles. The first-order valence-electron chi connectivity index (χ1n) is 6.77. The molecule has 0 fully saturated rings. The van der Waals surface area contributed by atoms with E-state index in [0.717, 1.165) is 17.0 Å². The van der Waals surface area contributed by atoms with Crippen molar-refractivity contribution in [2.45, 2.75) is 18.9 Å². The fourth-order valence-corrected chi connectivity index (χ4v) is 2.09. The molecule has 1 atom stereocenters. The molecule has 0 aliphatic carbocycles. The number of likely N-dealkylation sites (N-methyl/N-ethyl adjacent to an activating group) is 2. The molecule has 0 saturated heterocycles. The van der Waals surface area contributed by atoms with Crippen LogP contribution < -0.4 is 5.32 Å². The minimum Gasteiger partial charge on any atom is -0.505 e. The van der Waals surface area contributed by atoms with Crippen molar-refractivity contribution in [1.29, 1.82) is 0 Å². The predicted octanol–water partition coefficient (Wildman–Crippen LogP) is 0.509. The Labute approximate surface area is 132 Å². The van der Waals surface area contributed by atoms with Crippen LogP contribution in [0.4, 0.5) is 4.39 Å². The Balaban J connectivity index is 3.19. The van der Waals surface area contributed by atoms with Gasteiger partial charge in [-0.15, -0.1) is 0 Å². The standard InChI is InChI=1S/C15H17FN2O5/c1-17-14(22)12(4-3-5-19)18(2)15(23)10-7-11(16)13(21)6-9(10)8-20/h5-8,12,21H,3-4H2,1-2H3,(H,17,22). The Bertz CT molecular complexity index is 633.